The normalized spacial score (nSPS) is 13.2. The summed E-state index contributed by atoms with van der Waals surface area (Å²) in [5, 5.41) is 2.36. The van der Waals surface area contributed by atoms with E-state index in [1.807, 2.05) is 0 Å². The number of esters is 1. The van der Waals surface area contributed by atoms with Gasteiger partial charge in [0.05, 0.1) is 13.4 Å². The molecule has 2 N–H and O–H groups in total. The number of carbonyl (C=O) groups excluding carboxylic acids is 2. The fourth-order valence-electron chi connectivity index (χ4n) is 1.77. The van der Waals surface area contributed by atoms with Crippen molar-refractivity contribution in [2.45, 2.75) is 25.5 Å². The molecule has 0 saturated heterocycles. The molecule has 25 heavy (non-hydrogen) atoms. The minimum absolute atomic E-state index is 0.0150. The summed E-state index contributed by atoms with van der Waals surface area (Å²) in [7, 11) is 0.409. The lowest BCUT2D eigenvalue weighted by atomic mass is 9.94. The van der Waals surface area contributed by atoms with Gasteiger partial charge in [-0.25, -0.2) is 4.79 Å². The summed E-state index contributed by atoms with van der Waals surface area (Å²) in [6.45, 7) is 1.18. The summed E-state index contributed by atoms with van der Waals surface area (Å²) in [5.74, 6) is -3.82. The number of hydrogen-bond acceptors (Lipinski definition) is 5. The lowest BCUT2D eigenvalue weighted by Crippen LogP contribution is -2.39. The van der Waals surface area contributed by atoms with Gasteiger partial charge < -0.3 is 10.1 Å². The molecule has 1 amide bonds. The molecule has 0 bridgehead atoms. The Hall–Kier alpha value is -2.08. The number of alkyl halides is 3. The van der Waals surface area contributed by atoms with Crippen molar-refractivity contribution >= 4 is 35.5 Å². The van der Waals surface area contributed by atoms with E-state index in [4.69, 9.17) is 12.4 Å². The molecule has 7 nitrogen and oxygen atoms in total. The molecule has 1 aromatic carbocycles. The van der Waals surface area contributed by atoms with E-state index in [1.54, 1.807) is 0 Å². The molecule has 0 aliphatic carbocycles. The van der Waals surface area contributed by atoms with Crippen LogP contribution in [-0.2, 0) is 26.0 Å². The number of benzene rings is 1. The van der Waals surface area contributed by atoms with Gasteiger partial charge in [-0.15, -0.1) is 0 Å². The number of rotatable bonds is 6. The van der Waals surface area contributed by atoms with Crippen LogP contribution in [0, 0.1) is 0 Å². The Morgan fingerprint density at radius 3 is 2.40 bits per heavy atom. The third kappa shape index (κ3) is 6.74. The molecule has 2 radical (unpaired) electrons. The number of halogens is 3. The summed E-state index contributed by atoms with van der Waals surface area (Å²) in [4.78, 5) is 23.0. The van der Waals surface area contributed by atoms with Crippen LogP contribution < -0.4 is 5.32 Å². The van der Waals surface area contributed by atoms with E-state index in [0.29, 0.717) is 5.56 Å². The average molecular weight is 379 g/mol. The van der Waals surface area contributed by atoms with Crippen molar-refractivity contribution in [1.29, 1.82) is 0 Å². The van der Waals surface area contributed by atoms with Gasteiger partial charge >= 0.3 is 12.1 Å². The maximum Gasteiger partial charge on any atom is 0.426 e. The summed E-state index contributed by atoms with van der Waals surface area (Å²) in [5.41, 5.74) is 0.144. The van der Waals surface area contributed by atoms with Gasteiger partial charge in [-0.1, -0.05) is 12.4 Å². The minimum Gasteiger partial charge on any atom is -0.448 e. The lowest BCUT2D eigenvalue weighted by molar-refractivity contribution is -0.197. The molecule has 1 unspecified atom stereocenters. The molecule has 0 saturated carbocycles. The smallest absolute Gasteiger partial charge is 0.426 e. The van der Waals surface area contributed by atoms with Gasteiger partial charge in [-0.05, 0) is 17.7 Å². The van der Waals surface area contributed by atoms with Gasteiger partial charge in [-0.3, -0.25) is 9.35 Å². The van der Waals surface area contributed by atoms with Gasteiger partial charge in [0.1, 0.15) is 5.75 Å². The predicted octanol–water partition coefficient (Wildman–Crippen LogP) is 1.29. The van der Waals surface area contributed by atoms with E-state index in [0.717, 1.165) is 12.1 Å². The largest absolute Gasteiger partial charge is 0.448 e. The molecule has 0 fully saturated rings. The maximum absolute atomic E-state index is 12.8. The van der Waals surface area contributed by atoms with Crippen LogP contribution in [0.5, 0.6) is 0 Å². The molecule has 1 aromatic rings. The van der Waals surface area contributed by atoms with Crippen molar-refractivity contribution in [2.24, 2.45) is 0 Å². The van der Waals surface area contributed by atoms with Crippen molar-refractivity contribution in [1.82, 2.24) is 0 Å². The molecule has 0 heterocycles. The average Bonchev–Trinajstić information content (AvgIpc) is 2.43. The van der Waals surface area contributed by atoms with E-state index in [2.05, 4.69) is 10.1 Å². The number of carbonyl (C=O) groups is 2. The Bertz CT molecular complexity index is 766. The highest BCUT2D eigenvalue weighted by Gasteiger charge is 2.45. The van der Waals surface area contributed by atoms with Crippen LogP contribution >= 0.6 is 0 Å². The zero-order valence-corrected chi connectivity index (χ0v) is 13.6. The number of ether oxygens (including phenoxy) is 1. The fourth-order valence-corrected chi connectivity index (χ4v) is 2.41. The molecular formula is C13H13BF3NO6S. The van der Waals surface area contributed by atoms with E-state index >= 15 is 0 Å². The molecule has 0 aliphatic heterocycles. The number of amides is 1. The first-order valence-corrected chi connectivity index (χ1v) is 8.28. The summed E-state index contributed by atoms with van der Waals surface area (Å²) in [6, 6.07) is 3.46. The molecule has 12 heteroatoms. The van der Waals surface area contributed by atoms with Crippen LogP contribution in [0.4, 0.5) is 18.9 Å². The van der Waals surface area contributed by atoms with Crippen LogP contribution in [0.25, 0.3) is 0 Å². The number of nitrogens with one attached hydrogen (secondary N) is 1. The van der Waals surface area contributed by atoms with Gasteiger partial charge in [0.15, 0.2) is 0 Å². The Labute approximate surface area is 142 Å². The molecule has 1 rings (SSSR count). The molecule has 1 atom stereocenters. The zero-order chi connectivity index (χ0) is 19.4. The second kappa shape index (κ2) is 7.87. The van der Waals surface area contributed by atoms with Gasteiger partial charge in [0, 0.05) is 12.6 Å². The van der Waals surface area contributed by atoms with Crippen LogP contribution in [0.2, 0.25) is 0 Å². The zero-order valence-electron chi connectivity index (χ0n) is 12.8. The van der Waals surface area contributed by atoms with Crippen molar-refractivity contribution in [3.05, 3.63) is 29.3 Å². The van der Waals surface area contributed by atoms with E-state index < -0.39 is 40.0 Å². The highest BCUT2D eigenvalue weighted by molar-refractivity contribution is 7.85. The number of anilines is 1. The second-order valence-corrected chi connectivity index (χ2v) is 6.44. The quantitative estimate of drug-likeness (QED) is 0.438. The van der Waals surface area contributed by atoms with Crippen LogP contribution in [-0.4, -0.2) is 50.7 Å². The Morgan fingerprint density at radius 1 is 1.36 bits per heavy atom. The van der Waals surface area contributed by atoms with Crippen molar-refractivity contribution < 1.29 is 40.5 Å². The van der Waals surface area contributed by atoms with Gasteiger partial charge in [0.25, 0.3) is 10.1 Å². The molecule has 136 valence electrons. The van der Waals surface area contributed by atoms with Crippen molar-refractivity contribution in [3.63, 3.8) is 0 Å². The first-order valence-electron chi connectivity index (χ1n) is 6.67. The molecular weight excluding hydrogens is 366 g/mol. The highest BCUT2D eigenvalue weighted by atomic mass is 32.2. The standard InChI is InChI=1S/C13H13BF3NO6S/c1-7(19)18-10-4-8(2-3-9(10)5-14)12(20)24-11(13(15,16)17)6-25(21,22)23/h2-4,11H,5-6H2,1H3,(H,18,19)(H,21,22,23). The van der Waals surface area contributed by atoms with Gasteiger partial charge in [-0.2, -0.15) is 21.6 Å². The first-order chi connectivity index (χ1) is 11.3. The summed E-state index contributed by atoms with van der Waals surface area (Å²) in [6.07, 6.45) is -8.27. The first kappa shape index (κ1) is 21.0. The van der Waals surface area contributed by atoms with Crippen LogP contribution in [0.1, 0.15) is 22.8 Å². The number of hydrogen-bond donors (Lipinski definition) is 2. The maximum atomic E-state index is 12.8. The summed E-state index contributed by atoms with van der Waals surface area (Å²) >= 11 is 0. The predicted molar refractivity (Wildman–Crippen MR) is 81.9 cm³/mol. The Balaban J connectivity index is 3.10. The monoisotopic (exact) mass is 379 g/mol. The minimum atomic E-state index is -5.21. The Morgan fingerprint density at radius 2 is 1.96 bits per heavy atom. The Kier molecular flexibility index (Phi) is 6.60. The van der Waals surface area contributed by atoms with Crippen LogP contribution in [0.15, 0.2) is 18.2 Å². The van der Waals surface area contributed by atoms with E-state index in [-0.39, 0.29) is 17.6 Å². The third-order valence-corrected chi connectivity index (χ3v) is 3.58. The second-order valence-electron chi connectivity index (χ2n) is 4.94. The SMILES string of the molecule is [B]Cc1ccc(C(=O)OC(CS(=O)(=O)O)C(F)(F)F)cc1NC(C)=O. The van der Waals surface area contributed by atoms with E-state index in [9.17, 15) is 31.2 Å². The molecule has 0 aromatic heterocycles. The molecule has 0 aliphatic rings. The molecule has 0 spiro atoms. The van der Waals surface area contributed by atoms with Crippen molar-refractivity contribution in [3.8, 4) is 0 Å². The van der Waals surface area contributed by atoms with Crippen molar-refractivity contribution in [2.75, 3.05) is 11.1 Å². The fraction of sp³-hybridized carbons (Fsp3) is 0.385. The summed E-state index contributed by atoms with van der Waals surface area (Å²) < 4.78 is 72.4. The van der Waals surface area contributed by atoms with E-state index in [1.165, 1.54) is 13.0 Å². The van der Waals surface area contributed by atoms with Gasteiger partial charge in [0.2, 0.25) is 12.0 Å². The highest BCUT2D eigenvalue weighted by Crippen LogP contribution is 2.26. The third-order valence-electron chi connectivity index (χ3n) is 2.85. The topological polar surface area (TPSA) is 110 Å². The lowest BCUT2D eigenvalue weighted by Gasteiger charge is -2.19. The van der Waals surface area contributed by atoms with Crippen LogP contribution in [0.3, 0.4) is 0 Å².